The smallest absolute Gasteiger partial charge is 0.219 e. The molecule has 1 rings (SSSR count). The molecule has 1 amide bonds. The number of hydrogen-bond acceptors (Lipinski definition) is 2. The molecule has 0 saturated carbocycles. The van der Waals surface area contributed by atoms with Crippen LogP contribution in [0, 0.1) is 29.1 Å². The molecule has 2 N–H and O–H groups in total. The summed E-state index contributed by atoms with van der Waals surface area (Å²) in [5.74, 6) is -10.3. The van der Waals surface area contributed by atoms with E-state index >= 15 is 0 Å². The van der Waals surface area contributed by atoms with E-state index in [1.165, 1.54) is 7.05 Å². The number of carbonyl (C=O) groups excluding carboxylic acids is 1. The maximum Gasteiger partial charge on any atom is 0.219 e. The Morgan fingerprint density at radius 2 is 1.42 bits per heavy atom. The SMILES string of the molecule is CNC(=O)CCCNc1c(F)c(F)c(F)c(F)c1F. The van der Waals surface area contributed by atoms with Crippen molar-refractivity contribution in [3.63, 3.8) is 0 Å². The van der Waals surface area contributed by atoms with Gasteiger partial charge in [-0.3, -0.25) is 4.79 Å². The summed E-state index contributed by atoms with van der Waals surface area (Å²) >= 11 is 0. The van der Waals surface area contributed by atoms with E-state index in [0.717, 1.165) is 0 Å². The Hall–Kier alpha value is -1.86. The molecule has 0 fully saturated rings. The molecule has 0 spiro atoms. The van der Waals surface area contributed by atoms with Crippen LogP contribution in [0.3, 0.4) is 0 Å². The average Bonchev–Trinajstić information content (AvgIpc) is 2.41. The van der Waals surface area contributed by atoms with Crippen molar-refractivity contribution in [3.8, 4) is 0 Å². The summed E-state index contributed by atoms with van der Waals surface area (Å²) in [6, 6.07) is 0. The molecule has 19 heavy (non-hydrogen) atoms. The lowest BCUT2D eigenvalue weighted by molar-refractivity contribution is -0.120. The van der Waals surface area contributed by atoms with Crippen LogP contribution in [-0.2, 0) is 4.79 Å². The zero-order chi connectivity index (χ0) is 14.6. The van der Waals surface area contributed by atoms with Crippen molar-refractivity contribution in [2.45, 2.75) is 12.8 Å². The average molecular weight is 282 g/mol. The van der Waals surface area contributed by atoms with Crippen LogP contribution in [0.15, 0.2) is 0 Å². The number of carbonyl (C=O) groups is 1. The van der Waals surface area contributed by atoms with E-state index in [1.54, 1.807) is 0 Å². The van der Waals surface area contributed by atoms with E-state index in [2.05, 4.69) is 10.6 Å². The predicted octanol–water partition coefficient (Wildman–Crippen LogP) is 2.32. The molecule has 1 aromatic rings. The monoisotopic (exact) mass is 282 g/mol. The van der Waals surface area contributed by atoms with Crippen LogP contribution in [-0.4, -0.2) is 19.5 Å². The number of benzene rings is 1. The molecule has 0 heterocycles. The standard InChI is InChI=1S/C11H11F5N2O/c1-17-5(19)3-2-4-18-11-9(15)7(13)6(12)8(14)10(11)16/h18H,2-4H2,1H3,(H,17,19). The van der Waals surface area contributed by atoms with Gasteiger partial charge in [-0.05, 0) is 6.42 Å². The zero-order valence-corrected chi connectivity index (χ0v) is 9.92. The number of halogens is 5. The zero-order valence-electron chi connectivity index (χ0n) is 9.92. The van der Waals surface area contributed by atoms with E-state index in [4.69, 9.17) is 0 Å². The highest BCUT2D eigenvalue weighted by molar-refractivity contribution is 5.75. The van der Waals surface area contributed by atoms with Crippen molar-refractivity contribution < 1.29 is 26.7 Å². The molecule has 0 aliphatic rings. The van der Waals surface area contributed by atoms with Crippen LogP contribution in [0.2, 0.25) is 0 Å². The molecular formula is C11H11F5N2O. The second-order valence-electron chi connectivity index (χ2n) is 3.65. The highest BCUT2D eigenvalue weighted by Crippen LogP contribution is 2.26. The molecule has 0 bridgehead atoms. The fourth-order valence-corrected chi connectivity index (χ4v) is 1.35. The van der Waals surface area contributed by atoms with Crippen molar-refractivity contribution in [1.29, 1.82) is 0 Å². The first-order valence-corrected chi connectivity index (χ1v) is 5.36. The summed E-state index contributed by atoms with van der Waals surface area (Å²) in [7, 11) is 1.42. The van der Waals surface area contributed by atoms with Gasteiger partial charge in [-0.2, -0.15) is 0 Å². The summed E-state index contributed by atoms with van der Waals surface area (Å²) in [4.78, 5) is 10.9. The number of anilines is 1. The minimum Gasteiger partial charge on any atom is -0.380 e. The number of nitrogens with one attached hydrogen (secondary N) is 2. The Bertz CT molecular complexity index is 463. The third-order valence-corrected chi connectivity index (χ3v) is 2.37. The normalized spacial score (nSPS) is 10.4. The van der Waals surface area contributed by atoms with E-state index in [1.807, 2.05) is 0 Å². The first-order valence-electron chi connectivity index (χ1n) is 5.36. The Labute approximate surface area is 105 Å². The van der Waals surface area contributed by atoms with Gasteiger partial charge in [0.25, 0.3) is 0 Å². The Morgan fingerprint density at radius 3 is 1.89 bits per heavy atom. The minimum absolute atomic E-state index is 0.0684. The third kappa shape index (κ3) is 3.33. The molecule has 0 atom stereocenters. The molecule has 0 aliphatic heterocycles. The van der Waals surface area contributed by atoms with Crippen molar-refractivity contribution >= 4 is 11.6 Å². The molecule has 0 saturated heterocycles. The first kappa shape index (κ1) is 15.2. The fourth-order valence-electron chi connectivity index (χ4n) is 1.35. The van der Waals surface area contributed by atoms with Crippen molar-refractivity contribution in [2.75, 3.05) is 18.9 Å². The lowest BCUT2D eigenvalue weighted by Crippen LogP contribution is -2.19. The molecular weight excluding hydrogens is 271 g/mol. The topological polar surface area (TPSA) is 41.1 Å². The Morgan fingerprint density at radius 1 is 0.947 bits per heavy atom. The van der Waals surface area contributed by atoms with Gasteiger partial charge in [0.05, 0.1) is 0 Å². The van der Waals surface area contributed by atoms with Gasteiger partial charge in [0.2, 0.25) is 11.7 Å². The van der Waals surface area contributed by atoms with Crippen molar-refractivity contribution in [3.05, 3.63) is 29.1 Å². The first-order chi connectivity index (χ1) is 8.90. The van der Waals surface area contributed by atoms with Crippen molar-refractivity contribution in [1.82, 2.24) is 5.32 Å². The van der Waals surface area contributed by atoms with Gasteiger partial charge in [-0.15, -0.1) is 0 Å². The highest BCUT2D eigenvalue weighted by atomic mass is 19.2. The number of hydrogen-bond donors (Lipinski definition) is 2. The van der Waals surface area contributed by atoms with E-state index in [0.29, 0.717) is 0 Å². The summed E-state index contributed by atoms with van der Waals surface area (Å²) in [6.45, 7) is -0.105. The summed E-state index contributed by atoms with van der Waals surface area (Å²) < 4.78 is 64.8. The van der Waals surface area contributed by atoms with Crippen molar-refractivity contribution in [2.24, 2.45) is 0 Å². The molecule has 1 aromatic carbocycles. The van der Waals surface area contributed by atoms with Gasteiger partial charge < -0.3 is 10.6 Å². The quantitative estimate of drug-likeness (QED) is 0.376. The predicted molar refractivity (Wildman–Crippen MR) is 58.0 cm³/mol. The second kappa shape index (κ2) is 6.35. The molecule has 106 valence electrons. The van der Waals surface area contributed by atoms with E-state index in [9.17, 15) is 26.7 Å². The number of amides is 1. The van der Waals surface area contributed by atoms with Gasteiger partial charge >= 0.3 is 0 Å². The van der Waals surface area contributed by atoms with Crippen LogP contribution in [0.25, 0.3) is 0 Å². The molecule has 0 unspecified atom stereocenters. The van der Waals surface area contributed by atoms with Gasteiger partial charge in [-0.1, -0.05) is 0 Å². The largest absolute Gasteiger partial charge is 0.380 e. The molecule has 0 radical (unpaired) electrons. The minimum atomic E-state index is -2.20. The summed E-state index contributed by atoms with van der Waals surface area (Å²) in [5, 5.41) is 4.42. The van der Waals surface area contributed by atoms with Gasteiger partial charge in [0.15, 0.2) is 23.3 Å². The Kier molecular flexibility index (Phi) is 5.08. The second-order valence-corrected chi connectivity index (χ2v) is 3.65. The molecule has 8 heteroatoms. The van der Waals surface area contributed by atoms with E-state index < -0.39 is 34.8 Å². The molecule has 3 nitrogen and oxygen atoms in total. The maximum absolute atomic E-state index is 13.2. The van der Waals surface area contributed by atoms with Gasteiger partial charge in [0.1, 0.15) is 5.69 Å². The molecule has 0 aliphatic carbocycles. The summed E-state index contributed by atoms with van der Waals surface area (Å²) in [5.41, 5.74) is -1.09. The van der Waals surface area contributed by atoms with Gasteiger partial charge in [0, 0.05) is 20.0 Å². The van der Waals surface area contributed by atoms with Gasteiger partial charge in [-0.25, -0.2) is 22.0 Å². The van der Waals surface area contributed by atoms with Crippen LogP contribution >= 0.6 is 0 Å². The lowest BCUT2D eigenvalue weighted by Gasteiger charge is -2.10. The number of rotatable bonds is 5. The van der Waals surface area contributed by atoms with Crippen LogP contribution in [0.5, 0.6) is 0 Å². The van der Waals surface area contributed by atoms with Crippen LogP contribution in [0.4, 0.5) is 27.6 Å². The maximum atomic E-state index is 13.2. The van der Waals surface area contributed by atoms with Crippen LogP contribution < -0.4 is 10.6 Å². The van der Waals surface area contributed by atoms with E-state index in [-0.39, 0.29) is 25.3 Å². The highest BCUT2D eigenvalue weighted by Gasteiger charge is 2.25. The third-order valence-electron chi connectivity index (χ3n) is 2.37. The summed E-state index contributed by atoms with van der Waals surface area (Å²) in [6.07, 6.45) is 0.248. The lowest BCUT2D eigenvalue weighted by atomic mass is 10.2. The molecule has 0 aromatic heterocycles. The fraction of sp³-hybridized carbons (Fsp3) is 0.364. The van der Waals surface area contributed by atoms with Crippen LogP contribution in [0.1, 0.15) is 12.8 Å². The Balaban J connectivity index is 2.77.